The molecule has 1 saturated carbocycles. The molecule has 2 N–H and O–H groups in total. The summed E-state index contributed by atoms with van der Waals surface area (Å²) in [5, 5.41) is 12.3. The van der Waals surface area contributed by atoms with Crippen molar-refractivity contribution in [1.29, 1.82) is 0 Å². The molecular weight excluding hydrogens is 281 g/mol. The maximum Gasteiger partial charge on any atom is 0.258 e. The molecule has 1 amide bonds. The zero-order valence-electron chi connectivity index (χ0n) is 11.3. The first-order valence-corrected chi connectivity index (χ1v) is 7.43. The second kappa shape index (κ2) is 6.44. The lowest BCUT2D eigenvalue weighted by Crippen LogP contribution is -2.40. The van der Waals surface area contributed by atoms with Gasteiger partial charge in [0.2, 0.25) is 0 Å². The summed E-state index contributed by atoms with van der Waals surface area (Å²) in [6.45, 7) is 0.420. The molecule has 0 heterocycles. The Kier molecular flexibility index (Phi) is 4.86. The molecule has 110 valence electrons. The molecule has 0 unspecified atom stereocenters. The number of phenolic OH excluding ortho intramolecular Hbond substituents is 1. The fourth-order valence-corrected chi connectivity index (χ4v) is 3.11. The van der Waals surface area contributed by atoms with Gasteiger partial charge >= 0.3 is 0 Å². The monoisotopic (exact) mass is 299 g/mol. The van der Waals surface area contributed by atoms with E-state index in [1.807, 2.05) is 0 Å². The molecular formula is C15H19ClFNO2. The average molecular weight is 300 g/mol. The molecule has 1 aliphatic rings. The molecule has 0 bridgehead atoms. The molecule has 0 radical (unpaired) electrons. The Morgan fingerprint density at radius 1 is 1.35 bits per heavy atom. The van der Waals surface area contributed by atoms with Crippen molar-refractivity contribution in [1.82, 2.24) is 5.32 Å². The number of nitrogens with one attached hydrogen (secondary N) is 1. The Morgan fingerprint density at radius 3 is 2.65 bits per heavy atom. The van der Waals surface area contributed by atoms with Crippen molar-refractivity contribution in [2.45, 2.75) is 32.1 Å². The maximum atomic E-state index is 13.6. The molecule has 1 aromatic carbocycles. The highest BCUT2D eigenvalue weighted by molar-refractivity contribution is 6.18. The van der Waals surface area contributed by atoms with Crippen molar-refractivity contribution in [3.05, 3.63) is 29.6 Å². The summed E-state index contributed by atoms with van der Waals surface area (Å²) in [7, 11) is 0. The quantitative estimate of drug-likeness (QED) is 0.837. The van der Waals surface area contributed by atoms with Crippen LogP contribution >= 0.6 is 11.6 Å². The topological polar surface area (TPSA) is 49.3 Å². The number of alkyl halides is 1. The molecule has 3 nitrogen and oxygen atoms in total. The molecule has 1 aliphatic carbocycles. The van der Waals surface area contributed by atoms with Gasteiger partial charge in [0.05, 0.1) is 0 Å². The summed E-state index contributed by atoms with van der Waals surface area (Å²) in [5.74, 6) is -1.16. The van der Waals surface area contributed by atoms with Crippen molar-refractivity contribution in [2.75, 3.05) is 12.4 Å². The molecule has 0 aromatic heterocycles. The molecule has 0 atom stereocenters. The van der Waals surface area contributed by atoms with E-state index in [0.717, 1.165) is 31.7 Å². The van der Waals surface area contributed by atoms with Crippen LogP contribution in [0.25, 0.3) is 0 Å². The second-order valence-electron chi connectivity index (χ2n) is 5.51. The highest BCUT2D eigenvalue weighted by Gasteiger charge is 2.32. The van der Waals surface area contributed by atoms with Crippen molar-refractivity contribution < 1.29 is 14.3 Å². The van der Waals surface area contributed by atoms with E-state index < -0.39 is 11.7 Å². The van der Waals surface area contributed by atoms with E-state index in [9.17, 15) is 14.3 Å². The number of rotatable bonds is 4. The molecule has 1 aromatic rings. The van der Waals surface area contributed by atoms with Crippen LogP contribution in [0, 0.1) is 11.2 Å². The summed E-state index contributed by atoms with van der Waals surface area (Å²) in [6.07, 6.45) is 5.35. The number of benzene rings is 1. The Morgan fingerprint density at radius 2 is 2.05 bits per heavy atom. The van der Waals surface area contributed by atoms with Gasteiger partial charge in [-0.05, 0) is 25.0 Å². The molecule has 0 spiro atoms. The number of aromatic hydroxyl groups is 1. The van der Waals surface area contributed by atoms with E-state index in [0.29, 0.717) is 12.4 Å². The maximum absolute atomic E-state index is 13.6. The van der Waals surface area contributed by atoms with Crippen LogP contribution in [-0.4, -0.2) is 23.4 Å². The summed E-state index contributed by atoms with van der Waals surface area (Å²) >= 11 is 6.05. The minimum Gasteiger partial charge on any atom is -0.507 e. The van der Waals surface area contributed by atoms with Crippen LogP contribution in [0.3, 0.4) is 0 Å². The van der Waals surface area contributed by atoms with Crippen LogP contribution in [0.2, 0.25) is 0 Å². The zero-order valence-corrected chi connectivity index (χ0v) is 12.0. The van der Waals surface area contributed by atoms with Gasteiger partial charge in [0.25, 0.3) is 5.91 Å². The third-order valence-electron chi connectivity index (χ3n) is 4.04. The lowest BCUT2D eigenvalue weighted by molar-refractivity contribution is 0.0914. The van der Waals surface area contributed by atoms with Gasteiger partial charge in [-0.25, -0.2) is 4.39 Å². The van der Waals surface area contributed by atoms with Gasteiger partial charge < -0.3 is 10.4 Å². The highest BCUT2D eigenvalue weighted by Crippen LogP contribution is 2.36. The number of carbonyl (C=O) groups is 1. The van der Waals surface area contributed by atoms with E-state index in [4.69, 9.17) is 11.6 Å². The van der Waals surface area contributed by atoms with Crippen molar-refractivity contribution in [2.24, 2.45) is 5.41 Å². The summed E-state index contributed by atoms with van der Waals surface area (Å²) in [4.78, 5) is 12.0. The lowest BCUT2D eigenvalue weighted by Gasteiger charge is -2.35. The van der Waals surface area contributed by atoms with Gasteiger partial charge in [0.15, 0.2) is 0 Å². The van der Waals surface area contributed by atoms with Gasteiger partial charge in [0.1, 0.15) is 17.1 Å². The summed E-state index contributed by atoms with van der Waals surface area (Å²) in [5.41, 5.74) is -0.399. The van der Waals surface area contributed by atoms with Gasteiger partial charge in [-0.3, -0.25) is 4.79 Å². The predicted octanol–water partition coefficient (Wildman–Crippen LogP) is 3.45. The number of halogens is 2. The van der Waals surface area contributed by atoms with Gasteiger partial charge in [-0.2, -0.15) is 0 Å². The standard InChI is InChI=1S/C15H19ClFNO2/c16-9-15(7-2-1-3-8-15)10-18-14(20)13-11(17)5-4-6-12(13)19/h4-6,19H,1-3,7-10H2,(H,18,20). The number of carbonyl (C=O) groups excluding carboxylic acids is 1. The van der Waals surface area contributed by atoms with Crippen LogP contribution in [0.1, 0.15) is 42.5 Å². The molecule has 0 aliphatic heterocycles. The third-order valence-corrected chi connectivity index (χ3v) is 4.61. The molecule has 5 heteroatoms. The number of amides is 1. The van der Waals surface area contributed by atoms with Gasteiger partial charge in [-0.1, -0.05) is 25.3 Å². The van der Waals surface area contributed by atoms with Crippen molar-refractivity contribution in [3.63, 3.8) is 0 Å². The molecule has 20 heavy (non-hydrogen) atoms. The predicted molar refractivity (Wildman–Crippen MR) is 76.6 cm³/mol. The fraction of sp³-hybridized carbons (Fsp3) is 0.533. The SMILES string of the molecule is O=C(NCC1(CCl)CCCCC1)c1c(O)cccc1F. The first-order chi connectivity index (χ1) is 9.58. The molecule has 0 saturated heterocycles. The Labute approximate surface area is 123 Å². The van der Waals surface area contributed by atoms with Crippen LogP contribution in [0.4, 0.5) is 4.39 Å². The van der Waals surface area contributed by atoms with Crippen molar-refractivity contribution >= 4 is 17.5 Å². The second-order valence-corrected chi connectivity index (χ2v) is 5.78. The Balaban J connectivity index is 2.04. The Hall–Kier alpha value is -1.29. The van der Waals surface area contributed by atoms with Crippen LogP contribution in [0.5, 0.6) is 5.75 Å². The van der Waals surface area contributed by atoms with Crippen LogP contribution in [0.15, 0.2) is 18.2 Å². The minimum absolute atomic E-state index is 0.101. The van der Waals surface area contributed by atoms with Crippen LogP contribution in [-0.2, 0) is 0 Å². The fourth-order valence-electron chi connectivity index (χ4n) is 2.75. The summed E-state index contributed by atoms with van der Waals surface area (Å²) < 4.78 is 13.6. The first kappa shape index (κ1) is 15.1. The first-order valence-electron chi connectivity index (χ1n) is 6.90. The third kappa shape index (κ3) is 3.23. The van der Waals surface area contributed by atoms with Crippen molar-refractivity contribution in [3.8, 4) is 5.75 Å². The minimum atomic E-state index is -0.717. The Bertz CT molecular complexity index is 467. The molecule has 1 fully saturated rings. The van der Waals surface area contributed by atoms with Crippen LogP contribution < -0.4 is 5.32 Å². The smallest absolute Gasteiger partial charge is 0.258 e. The average Bonchev–Trinajstić information content (AvgIpc) is 2.46. The van der Waals surface area contributed by atoms with Gasteiger partial charge in [0, 0.05) is 17.8 Å². The zero-order chi connectivity index (χ0) is 14.6. The van der Waals surface area contributed by atoms with E-state index in [-0.39, 0.29) is 16.7 Å². The van der Waals surface area contributed by atoms with E-state index >= 15 is 0 Å². The van der Waals surface area contributed by atoms with E-state index in [2.05, 4.69) is 5.32 Å². The van der Waals surface area contributed by atoms with E-state index in [1.165, 1.54) is 18.6 Å². The number of hydrogen-bond acceptors (Lipinski definition) is 2. The molecule has 2 rings (SSSR count). The number of phenols is 1. The van der Waals surface area contributed by atoms with E-state index in [1.54, 1.807) is 0 Å². The van der Waals surface area contributed by atoms with Gasteiger partial charge in [-0.15, -0.1) is 11.6 Å². The number of hydrogen-bond donors (Lipinski definition) is 2. The normalized spacial score (nSPS) is 17.7. The summed E-state index contributed by atoms with van der Waals surface area (Å²) in [6, 6.07) is 3.82. The lowest BCUT2D eigenvalue weighted by atomic mass is 9.75. The highest BCUT2D eigenvalue weighted by atomic mass is 35.5. The largest absolute Gasteiger partial charge is 0.507 e.